The molecular formula is C15H19F3N2O. The standard InChI is InChI=1S/C15H19F3N2O/c1-3-14(7-4-8-19-14)13(21)20-11-6-5-10(2)12(9-11)15(16,17)18/h5-6,9,19H,3-4,7-8H2,1-2H3,(H,20,21). The van der Waals surface area contributed by atoms with Crippen LogP contribution in [-0.4, -0.2) is 18.0 Å². The molecule has 0 aliphatic carbocycles. The summed E-state index contributed by atoms with van der Waals surface area (Å²) in [5, 5.41) is 5.78. The van der Waals surface area contributed by atoms with Gasteiger partial charge < -0.3 is 10.6 Å². The molecular weight excluding hydrogens is 281 g/mol. The van der Waals surface area contributed by atoms with Crippen molar-refractivity contribution in [1.29, 1.82) is 0 Å². The first kappa shape index (κ1) is 15.8. The van der Waals surface area contributed by atoms with Gasteiger partial charge in [-0.15, -0.1) is 0 Å². The Kier molecular flexibility index (Phi) is 4.27. The predicted octanol–water partition coefficient (Wildman–Crippen LogP) is 3.48. The van der Waals surface area contributed by atoms with E-state index in [1.165, 1.54) is 19.1 Å². The highest BCUT2D eigenvalue weighted by molar-refractivity contribution is 5.98. The molecule has 2 N–H and O–H groups in total. The fourth-order valence-corrected chi connectivity index (χ4v) is 2.72. The minimum Gasteiger partial charge on any atom is -0.324 e. The maximum Gasteiger partial charge on any atom is 0.416 e. The van der Waals surface area contributed by atoms with Crippen LogP contribution in [-0.2, 0) is 11.0 Å². The number of halogens is 3. The first-order valence-corrected chi connectivity index (χ1v) is 7.03. The van der Waals surface area contributed by atoms with E-state index < -0.39 is 17.3 Å². The summed E-state index contributed by atoms with van der Waals surface area (Å²) in [7, 11) is 0. The van der Waals surface area contributed by atoms with Gasteiger partial charge in [-0.05, 0) is 50.4 Å². The Morgan fingerprint density at radius 3 is 2.67 bits per heavy atom. The summed E-state index contributed by atoms with van der Waals surface area (Å²) >= 11 is 0. The van der Waals surface area contributed by atoms with Gasteiger partial charge in [0.15, 0.2) is 0 Å². The summed E-state index contributed by atoms with van der Waals surface area (Å²) in [6, 6.07) is 3.87. The van der Waals surface area contributed by atoms with Crippen LogP contribution in [0.2, 0.25) is 0 Å². The van der Waals surface area contributed by atoms with Gasteiger partial charge in [-0.25, -0.2) is 0 Å². The molecule has 1 aromatic rings. The van der Waals surface area contributed by atoms with Crippen molar-refractivity contribution in [2.24, 2.45) is 0 Å². The lowest BCUT2D eigenvalue weighted by Gasteiger charge is -2.27. The van der Waals surface area contributed by atoms with Gasteiger partial charge in [0.05, 0.1) is 11.1 Å². The Hall–Kier alpha value is -1.56. The number of hydrogen-bond donors (Lipinski definition) is 2. The van der Waals surface area contributed by atoms with Gasteiger partial charge in [-0.2, -0.15) is 13.2 Å². The Morgan fingerprint density at radius 1 is 1.43 bits per heavy atom. The molecule has 1 atom stereocenters. The van der Waals surface area contributed by atoms with Crippen LogP contribution in [0.4, 0.5) is 18.9 Å². The molecule has 1 aromatic carbocycles. The summed E-state index contributed by atoms with van der Waals surface area (Å²) < 4.78 is 38.7. The summed E-state index contributed by atoms with van der Waals surface area (Å²) in [6.45, 7) is 4.05. The Balaban J connectivity index is 2.22. The van der Waals surface area contributed by atoms with Crippen molar-refractivity contribution < 1.29 is 18.0 Å². The highest BCUT2D eigenvalue weighted by Crippen LogP contribution is 2.34. The number of alkyl halides is 3. The molecule has 0 spiro atoms. The topological polar surface area (TPSA) is 41.1 Å². The first-order valence-electron chi connectivity index (χ1n) is 7.03. The van der Waals surface area contributed by atoms with Gasteiger partial charge in [0.1, 0.15) is 0 Å². The second kappa shape index (κ2) is 5.67. The van der Waals surface area contributed by atoms with Gasteiger partial charge in [0.25, 0.3) is 0 Å². The van der Waals surface area contributed by atoms with Crippen LogP contribution in [0, 0.1) is 6.92 Å². The fourth-order valence-electron chi connectivity index (χ4n) is 2.72. The molecule has 1 aliphatic heterocycles. The van der Waals surface area contributed by atoms with E-state index in [9.17, 15) is 18.0 Å². The molecule has 1 amide bonds. The van der Waals surface area contributed by atoms with Gasteiger partial charge in [-0.3, -0.25) is 4.79 Å². The summed E-state index contributed by atoms with van der Waals surface area (Å²) in [5.41, 5.74) is -1.06. The van der Waals surface area contributed by atoms with E-state index in [2.05, 4.69) is 10.6 Å². The maximum absolute atomic E-state index is 12.9. The summed E-state index contributed by atoms with van der Waals surface area (Å²) in [4.78, 5) is 12.4. The molecule has 0 bridgehead atoms. The number of amides is 1. The number of carbonyl (C=O) groups is 1. The predicted molar refractivity (Wildman–Crippen MR) is 75.1 cm³/mol. The fraction of sp³-hybridized carbons (Fsp3) is 0.533. The zero-order valence-electron chi connectivity index (χ0n) is 12.1. The van der Waals surface area contributed by atoms with E-state index >= 15 is 0 Å². The smallest absolute Gasteiger partial charge is 0.324 e. The summed E-state index contributed by atoms with van der Waals surface area (Å²) in [6.07, 6.45) is -2.22. The molecule has 1 fully saturated rings. The molecule has 0 aromatic heterocycles. The van der Waals surface area contributed by atoms with E-state index in [1.54, 1.807) is 0 Å². The molecule has 1 saturated heterocycles. The zero-order valence-corrected chi connectivity index (χ0v) is 12.1. The monoisotopic (exact) mass is 300 g/mol. The third-order valence-electron chi connectivity index (χ3n) is 4.08. The Morgan fingerprint density at radius 2 is 2.14 bits per heavy atom. The molecule has 1 aliphatic rings. The maximum atomic E-state index is 12.9. The first-order chi connectivity index (χ1) is 9.78. The number of benzene rings is 1. The second-order valence-corrected chi connectivity index (χ2v) is 5.45. The van der Waals surface area contributed by atoms with E-state index in [0.717, 1.165) is 19.0 Å². The number of hydrogen-bond acceptors (Lipinski definition) is 2. The number of carbonyl (C=O) groups excluding carboxylic acids is 1. The normalized spacial score (nSPS) is 22.3. The molecule has 0 radical (unpaired) electrons. The van der Waals surface area contributed by atoms with Crippen LogP contribution in [0.15, 0.2) is 18.2 Å². The number of aryl methyl sites for hydroxylation is 1. The Bertz CT molecular complexity index is 534. The van der Waals surface area contributed by atoms with E-state index in [-0.39, 0.29) is 17.2 Å². The average Bonchev–Trinajstić information content (AvgIpc) is 2.89. The highest BCUT2D eigenvalue weighted by atomic mass is 19.4. The van der Waals surface area contributed by atoms with Crippen LogP contribution >= 0.6 is 0 Å². The van der Waals surface area contributed by atoms with E-state index in [4.69, 9.17) is 0 Å². The lowest BCUT2D eigenvalue weighted by Crippen LogP contribution is -2.50. The molecule has 2 rings (SSSR count). The molecule has 3 nitrogen and oxygen atoms in total. The van der Waals surface area contributed by atoms with Gasteiger partial charge in [0.2, 0.25) is 5.91 Å². The van der Waals surface area contributed by atoms with Crippen molar-refractivity contribution in [2.75, 3.05) is 11.9 Å². The highest BCUT2D eigenvalue weighted by Gasteiger charge is 2.39. The lowest BCUT2D eigenvalue weighted by atomic mass is 9.93. The molecule has 0 saturated carbocycles. The van der Waals surface area contributed by atoms with Crippen molar-refractivity contribution in [3.05, 3.63) is 29.3 Å². The third kappa shape index (κ3) is 3.20. The van der Waals surface area contributed by atoms with Crippen molar-refractivity contribution in [1.82, 2.24) is 5.32 Å². The van der Waals surface area contributed by atoms with E-state index in [1.807, 2.05) is 6.92 Å². The number of rotatable bonds is 3. The minimum absolute atomic E-state index is 0.143. The molecule has 6 heteroatoms. The second-order valence-electron chi connectivity index (χ2n) is 5.45. The summed E-state index contributed by atoms with van der Waals surface area (Å²) in [5.74, 6) is -0.264. The quantitative estimate of drug-likeness (QED) is 0.897. The lowest BCUT2D eigenvalue weighted by molar-refractivity contribution is -0.138. The minimum atomic E-state index is -4.42. The Labute approximate surface area is 121 Å². The van der Waals surface area contributed by atoms with Gasteiger partial charge >= 0.3 is 6.18 Å². The van der Waals surface area contributed by atoms with Gasteiger partial charge in [-0.1, -0.05) is 13.0 Å². The molecule has 21 heavy (non-hydrogen) atoms. The van der Waals surface area contributed by atoms with Gasteiger partial charge in [0, 0.05) is 5.69 Å². The van der Waals surface area contributed by atoms with Crippen molar-refractivity contribution >= 4 is 11.6 Å². The average molecular weight is 300 g/mol. The van der Waals surface area contributed by atoms with E-state index in [0.29, 0.717) is 12.8 Å². The SMILES string of the molecule is CCC1(C(=O)Nc2ccc(C)c(C(F)(F)F)c2)CCCN1. The van der Waals surface area contributed by atoms with Crippen LogP contribution < -0.4 is 10.6 Å². The molecule has 116 valence electrons. The van der Waals surface area contributed by atoms with Crippen LogP contribution in [0.25, 0.3) is 0 Å². The molecule has 1 heterocycles. The van der Waals surface area contributed by atoms with Crippen molar-refractivity contribution in [2.45, 2.75) is 44.8 Å². The number of nitrogens with one attached hydrogen (secondary N) is 2. The molecule has 1 unspecified atom stereocenters. The van der Waals surface area contributed by atoms with Crippen molar-refractivity contribution in [3.63, 3.8) is 0 Å². The zero-order chi connectivity index (χ0) is 15.7. The van der Waals surface area contributed by atoms with Crippen LogP contribution in [0.5, 0.6) is 0 Å². The van der Waals surface area contributed by atoms with Crippen molar-refractivity contribution in [3.8, 4) is 0 Å². The number of anilines is 1. The van der Waals surface area contributed by atoms with Crippen LogP contribution in [0.1, 0.15) is 37.3 Å². The largest absolute Gasteiger partial charge is 0.416 e. The van der Waals surface area contributed by atoms with Crippen LogP contribution in [0.3, 0.4) is 0 Å². The third-order valence-corrected chi connectivity index (χ3v) is 4.08.